The molecule has 0 aliphatic carbocycles. The summed E-state index contributed by atoms with van der Waals surface area (Å²) in [6.07, 6.45) is -0.143. The Balaban J connectivity index is 2.54. The molecule has 0 fully saturated rings. The van der Waals surface area contributed by atoms with Crippen molar-refractivity contribution >= 4 is 0 Å². The first kappa shape index (κ1) is 13.1. The van der Waals surface area contributed by atoms with Crippen molar-refractivity contribution in [1.29, 1.82) is 0 Å². The Labute approximate surface area is 95.7 Å². The van der Waals surface area contributed by atoms with Crippen LogP contribution in [-0.2, 0) is 6.42 Å². The maximum Gasteiger partial charge on any atom is 0.126 e. The van der Waals surface area contributed by atoms with Gasteiger partial charge in [0.25, 0.3) is 0 Å². The molecule has 0 aliphatic heterocycles. The molecule has 0 amide bonds. The van der Waals surface area contributed by atoms with Gasteiger partial charge in [-0.1, -0.05) is 19.1 Å². The van der Waals surface area contributed by atoms with Gasteiger partial charge in [0.2, 0.25) is 0 Å². The van der Waals surface area contributed by atoms with Crippen LogP contribution in [-0.4, -0.2) is 22.4 Å². The van der Waals surface area contributed by atoms with E-state index >= 15 is 0 Å². The predicted molar refractivity (Wildman–Crippen MR) is 61.8 cm³/mol. The van der Waals surface area contributed by atoms with Gasteiger partial charge in [0.1, 0.15) is 5.82 Å². The smallest absolute Gasteiger partial charge is 0.126 e. The van der Waals surface area contributed by atoms with Crippen LogP contribution in [0, 0.1) is 12.7 Å². The van der Waals surface area contributed by atoms with E-state index in [1.165, 1.54) is 6.07 Å². The maximum absolute atomic E-state index is 13.4. The fourth-order valence-corrected chi connectivity index (χ4v) is 1.62. The summed E-state index contributed by atoms with van der Waals surface area (Å²) in [5.74, 6) is -0.238. The van der Waals surface area contributed by atoms with Crippen LogP contribution >= 0.6 is 0 Å². The predicted octanol–water partition coefficient (Wildman–Crippen LogP) is 2.20. The first-order valence-corrected chi connectivity index (χ1v) is 5.65. The van der Waals surface area contributed by atoms with E-state index < -0.39 is 12.2 Å². The number of halogens is 1. The summed E-state index contributed by atoms with van der Waals surface area (Å²) in [5, 5.41) is 18.9. The quantitative estimate of drug-likeness (QED) is 0.808. The van der Waals surface area contributed by atoms with Gasteiger partial charge in [-0.15, -0.1) is 0 Å². The fourth-order valence-electron chi connectivity index (χ4n) is 1.62. The third-order valence-corrected chi connectivity index (χ3v) is 2.78. The van der Waals surface area contributed by atoms with Crippen molar-refractivity contribution in [2.75, 3.05) is 0 Å². The van der Waals surface area contributed by atoms with Gasteiger partial charge in [0, 0.05) is 0 Å². The highest BCUT2D eigenvalue weighted by Gasteiger charge is 2.14. The standard InChI is InChI=1S/C13H19FO2/c1-3-12(15)13(16)7-6-10-5-4-9(2)8-11(10)14/h4-5,8,12-13,15-16H,3,6-7H2,1-2H3. The minimum absolute atomic E-state index is 0.238. The Morgan fingerprint density at radius 2 is 1.94 bits per heavy atom. The average molecular weight is 226 g/mol. The van der Waals surface area contributed by atoms with Crippen molar-refractivity contribution in [3.63, 3.8) is 0 Å². The fraction of sp³-hybridized carbons (Fsp3) is 0.538. The van der Waals surface area contributed by atoms with Crippen LogP contribution in [0.15, 0.2) is 18.2 Å². The Morgan fingerprint density at radius 3 is 2.50 bits per heavy atom. The lowest BCUT2D eigenvalue weighted by Gasteiger charge is -2.16. The van der Waals surface area contributed by atoms with Gasteiger partial charge in [0.05, 0.1) is 12.2 Å². The number of aryl methyl sites for hydroxylation is 2. The molecule has 0 radical (unpaired) electrons. The van der Waals surface area contributed by atoms with E-state index in [2.05, 4.69) is 0 Å². The van der Waals surface area contributed by atoms with Crippen LogP contribution in [0.5, 0.6) is 0 Å². The third-order valence-electron chi connectivity index (χ3n) is 2.78. The highest BCUT2D eigenvalue weighted by Crippen LogP contribution is 2.14. The summed E-state index contributed by atoms with van der Waals surface area (Å²) in [7, 11) is 0. The first-order chi connectivity index (χ1) is 7.54. The van der Waals surface area contributed by atoms with Crippen molar-refractivity contribution in [3.05, 3.63) is 35.1 Å². The van der Waals surface area contributed by atoms with E-state index in [1.807, 2.05) is 13.0 Å². The molecule has 0 bridgehead atoms. The molecule has 2 unspecified atom stereocenters. The summed E-state index contributed by atoms with van der Waals surface area (Å²) in [4.78, 5) is 0. The zero-order valence-corrected chi connectivity index (χ0v) is 9.78. The van der Waals surface area contributed by atoms with Crippen molar-refractivity contribution < 1.29 is 14.6 Å². The minimum Gasteiger partial charge on any atom is -0.390 e. The van der Waals surface area contributed by atoms with E-state index in [-0.39, 0.29) is 5.82 Å². The van der Waals surface area contributed by atoms with Crippen molar-refractivity contribution in [2.45, 2.75) is 45.3 Å². The Kier molecular flexibility index (Phi) is 4.90. The van der Waals surface area contributed by atoms with Gasteiger partial charge >= 0.3 is 0 Å². The van der Waals surface area contributed by atoms with Crippen LogP contribution in [0.25, 0.3) is 0 Å². The number of hydrogen-bond donors (Lipinski definition) is 2. The lowest BCUT2D eigenvalue weighted by atomic mass is 10.0. The van der Waals surface area contributed by atoms with E-state index in [0.29, 0.717) is 24.8 Å². The van der Waals surface area contributed by atoms with E-state index in [4.69, 9.17) is 0 Å². The van der Waals surface area contributed by atoms with Gasteiger partial charge in [0.15, 0.2) is 0 Å². The largest absolute Gasteiger partial charge is 0.390 e. The van der Waals surface area contributed by atoms with Crippen LogP contribution in [0.2, 0.25) is 0 Å². The van der Waals surface area contributed by atoms with Crippen molar-refractivity contribution in [3.8, 4) is 0 Å². The summed E-state index contributed by atoms with van der Waals surface area (Å²) in [5.41, 5.74) is 1.48. The van der Waals surface area contributed by atoms with Gasteiger partial charge in [-0.2, -0.15) is 0 Å². The molecule has 0 aliphatic rings. The highest BCUT2D eigenvalue weighted by molar-refractivity contribution is 5.23. The summed E-state index contributed by atoms with van der Waals surface area (Å²) < 4.78 is 13.4. The molecule has 2 nitrogen and oxygen atoms in total. The zero-order chi connectivity index (χ0) is 12.1. The number of hydrogen-bond acceptors (Lipinski definition) is 2. The second-order valence-corrected chi connectivity index (χ2v) is 4.18. The second kappa shape index (κ2) is 5.97. The molecular weight excluding hydrogens is 207 g/mol. The van der Waals surface area contributed by atoms with Crippen molar-refractivity contribution in [2.24, 2.45) is 0 Å². The molecule has 1 aromatic rings. The number of aliphatic hydroxyl groups is 2. The van der Waals surface area contributed by atoms with Gasteiger partial charge < -0.3 is 10.2 Å². The van der Waals surface area contributed by atoms with E-state index in [1.54, 1.807) is 13.0 Å². The molecule has 2 atom stereocenters. The Bertz CT molecular complexity index is 339. The lowest BCUT2D eigenvalue weighted by Crippen LogP contribution is -2.25. The van der Waals surface area contributed by atoms with Crippen molar-refractivity contribution in [1.82, 2.24) is 0 Å². The van der Waals surface area contributed by atoms with Gasteiger partial charge in [-0.3, -0.25) is 0 Å². The highest BCUT2D eigenvalue weighted by atomic mass is 19.1. The Hall–Kier alpha value is -0.930. The number of rotatable bonds is 5. The number of benzene rings is 1. The Morgan fingerprint density at radius 1 is 1.25 bits per heavy atom. The average Bonchev–Trinajstić information content (AvgIpc) is 2.26. The van der Waals surface area contributed by atoms with Gasteiger partial charge in [-0.25, -0.2) is 4.39 Å². The summed E-state index contributed by atoms with van der Waals surface area (Å²) in [6, 6.07) is 5.06. The second-order valence-electron chi connectivity index (χ2n) is 4.18. The van der Waals surface area contributed by atoms with Crippen LogP contribution < -0.4 is 0 Å². The lowest BCUT2D eigenvalue weighted by molar-refractivity contribution is 0.0129. The van der Waals surface area contributed by atoms with E-state index in [9.17, 15) is 14.6 Å². The summed E-state index contributed by atoms with van der Waals surface area (Å²) >= 11 is 0. The molecule has 3 heteroatoms. The summed E-state index contributed by atoms with van der Waals surface area (Å²) in [6.45, 7) is 3.64. The SMILES string of the molecule is CCC(O)C(O)CCc1ccc(C)cc1F. The van der Waals surface area contributed by atoms with Crippen LogP contribution in [0.1, 0.15) is 30.9 Å². The molecule has 0 aromatic heterocycles. The topological polar surface area (TPSA) is 40.5 Å². The molecule has 1 rings (SSSR count). The monoisotopic (exact) mass is 226 g/mol. The number of aliphatic hydroxyl groups excluding tert-OH is 2. The molecule has 0 heterocycles. The molecule has 1 aromatic carbocycles. The maximum atomic E-state index is 13.4. The third kappa shape index (κ3) is 3.58. The normalized spacial score (nSPS) is 14.8. The molecule has 2 N–H and O–H groups in total. The molecule has 90 valence electrons. The molecular formula is C13H19FO2. The van der Waals surface area contributed by atoms with E-state index in [0.717, 1.165) is 5.56 Å². The van der Waals surface area contributed by atoms with Crippen LogP contribution in [0.3, 0.4) is 0 Å². The van der Waals surface area contributed by atoms with Gasteiger partial charge in [-0.05, 0) is 43.4 Å². The first-order valence-electron chi connectivity index (χ1n) is 5.65. The molecule has 16 heavy (non-hydrogen) atoms. The molecule has 0 saturated carbocycles. The molecule has 0 spiro atoms. The van der Waals surface area contributed by atoms with Crippen LogP contribution in [0.4, 0.5) is 4.39 Å². The zero-order valence-electron chi connectivity index (χ0n) is 9.78. The molecule has 0 saturated heterocycles. The minimum atomic E-state index is -0.772.